The van der Waals surface area contributed by atoms with Crippen molar-refractivity contribution in [2.75, 3.05) is 13.1 Å². The molecule has 1 saturated heterocycles. The molecule has 1 aliphatic heterocycles. The van der Waals surface area contributed by atoms with Gasteiger partial charge in [-0.2, -0.15) is 5.10 Å². The van der Waals surface area contributed by atoms with Gasteiger partial charge in [-0.3, -0.25) is 9.48 Å². The first-order valence-corrected chi connectivity index (χ1v) is 8.76. The van der Waals surface area contributed by atoms with Crippen LogP contribution in [0.2, 0.25) is 0 Å². The molecule has 2 heterocycles. The first-order valence-electron chi connectivity index (χ1n) is 8.76. The lowest BCUT2D eigenvalue weighted by Gasteiger charge is -2.17. The van der Waals surface area contributed by atoms with Crippen molar-refractivity contribution < 1.29 is 23.5 Å². The van der Waals surface area contributed by atoms with Gasteiger partial charge in [-0.05, 0) is 49.4 Å². The van der Waals surface area contributed by atoms with E-state index in [1.165, 1.54) is 10.7 Å². The number of aryl methyl sites for hydroxylation is 1. The smallest absolute Gasteiger partial charge is 0.335 e. The molecule has 144 valence electrons. The summed E-state index contributed by atoms with van der Waals surface area (Å²) in [5, 5.41) is 12.7. The fraction of sp³-hybridized carbons (Fsp3) is 0.421. The van der Waals surface area contributed by atoms with Crippen LogP contribution in [0, 0.1) is 12.8 Å². The number of aromatic carboxylic acids is 1. The average molecular weight is 377 g/mol. The van der Waals surface area contributed by atoms with E-state index in [-0.39, 0.29) is 23.7 Å². The molecule has 27 heavy (non-hydrogen) atoms. The molecule has 3 rings (SSSR count). The highest BCUT2D eigenvalue weighted by molar-refractivity contribution is 5.87. The Labute approximate surface area is 155 Å². The maximum absolute atomic E-state index is 12.7. The predicted octanol–water partition coefficient (Wildman–Crippen LogP) is 2.92. The van der Waals surface area contributed by atoms with Gasteiger partial charge in [-0.1, -0.05) is 12.1 Å². The molecule has 6 nitrogen and oxygen atoms in total. The zero-order valence-electron chi connectivity index (χ0n) is 14.9. The second-order valence-corrected chi connectivity index (χ2v) is 6.87. The van der Waals surface area contributed by atoms with Gasteiger partial charge in [0.15, 0.2) is 0 Å². The molecule has 0 aliphatic carbocycles. The first-order chi connectivity index (χ1) is 12.8. The van der Waals surface area contributed by atoms with Crippen molar-refractivity contribution in [2.24, 2.45) is 5.92 Å². The van der Waals surface area contributed by atoms with Crippen LogP contribution >= 0.6 is 0 Å². The molecular weight excluding hydrogens is 356 g/mol. The third kappa shape index (κ3) is 4.50. The molecule has 0 bridgehead atoms. The minimum Gasteiger partial charge on any atom is -0.478 e. The fourth-order valence-corrected chi connectivity index (χ4v) is 3.37. The number of rotatable bonds is 6. The van der Waals surface area contributed by atoms with E-state index in [2.05, 4.69) is 5.10 Å². The summed E-state index contributed by atoms with van der Waals surface area (Å²) in [5.74, 6) is -0.797. The standard InChI is InChI=1S/C19H21F2N3O3/c1-12-8-16(18(20)21)22-24(12)11-17(25)23-7-6-14(10-23)9-13-2-4-15(5-3-13)19(26)27/h2-5,8,14,18H,6-7,9-11H2,1H3,(H,26,27). The molecule has 0 saturated carbocycles. The number of carboxylic acids is 1. The highest BCUT2D eigenvalue weighted by atomic mass is 19.3. The molecule has 8 heteroatoms. The van der Waals surface area contributed by atoms with Gasteiger partial charge >= 0.3 is 5.97 Å². The molecule has 1 fully saturated rings. The summed E-state index contributed by atoms with van der Waals surface area (Å²) in [6, 6.07) is 8.05. The molecule has 1 amide bonds. The summed E-state index contributed by atoms with van der Waals surface area (Å²) in [7, 11) is 0. The SMILES string of the molecule is Cc1cc(C(F)F)nn1CC(=O)N1CCC(Cc2ccc(C(=O)O)cc2)C1. The number of benzene rings is 1. The summed E-state index contributed by atoms with van der Waals surface area (Å²) < 4.78 is 26.8. The molecule has 1 aromatic carbocycles. The summed E-state index contributed by atoms with van der Waals surface area (Å²) in [6.07, 6.45) is -1.03. The van der Waals surface area contributed by atoms with Gasteiger partial charge in [0.1, 0.15) is 12.2 Å². The van der Waals surface area contributed by atoms with Crippen molar-refractivity contribution in [2.45, 2.75) is 32.7 Å². The maximum Gasteiger partial charge on any atom is 0.335 e. The van der Waals surface area contributed by atoms with Gasteiger partial charge < -0.3 is 10.0 Å². The summed E-state index contributed by atoms with van der Waals surface area (Å²) >= 11 is 0. The second kappa shape index (κ2) is 7.85. The normalized spacial score (nSPS) is 16.9. The Hall–Kier alpha value is -2.77. The fourth-order valence-electron chi connectivity index (χ4n) is 3.37. The van der Waals surface area contributed by atoms with Crippen LogP contribution in [0.15, 0.2) is 30.3 Å². The van der Waals surface area contributed by atoms with Crippen LogP contribution in [-0.4, -0.2) is 44.8 Å². The first kappa shape index (κ1) is 19.0. The largest absolute Gasteiger partial charge is 0.478 e. The van der Waals surface area contributed by atoms with Crippen LogP contribution < -0.4 is 0 Å². The number of aromatic nitrogens is 2. The molecular formula is C19H21F2N3O3. The van der Waals surface area contributed by atoms with Crippen molar-refractivity contribution >= 4 is 11.9 Å². The van der Waals surface area contributed by atoms with E-state index in [4.69, 9.17) is 5.11 Å². The summed E-state index contributed by atoms with van der Waals surface area (Å²) in [5.41, 5.74) is 1.50. The molecule has 1 atom stereocenters. The Balaban J connectivity index is 1.55. The number of hydrogen-bond donors (Lipinski definition) is 1. The zero-order valence-corrected chi connectivity index (χ0v) is 14.9. The number of carbonyl (C=O) groups is 2. The van der Waals surface area contributed by atoms with Crippen molar-refractivity contribution in [3.05, 3.63) is 52.8 Å². The van der Waals surface area contributed by atoms with Gasteiger partial charge in [0.25, 0.3) is 6.43 Å². The quantitative estimate of drug-likeness (QED) is 0.840. The van der Waals surface area contributed by atoms with E-state index >= 15 is 0 Å². The van der Waals surface area contributed by atoms with Crippen LogP contribution in [-0.2, 0) is 17.8 Å². The van der Waals surface area contributed by atoms with Gasteiger partial charge in [0.2, 0.25) is 5.91 Å². The molecule has 0 spiro atoms. The number of amides is 1. The van der Waals surface area contributed by atoms with E-state index in [0.29, 0.717) is 24.7 Å². The lowest BCUT2D eigenvalue weighted by molar-refractivity contribution is -0.131. The highest BCUT2D eigenvalue weighted by Gasteiger charge is 2.27. The molecule has 1 N–H and O–H groups in total. The van der Waals surface area contributed by atoms with E-state index in [1.807, 2.05) is 0 Å². The van der Waals surface area contributed by atoms with Crippen molar-refractivity contribution in [3.63, 3.8) is 0 Å². The van der Waals surface area contributed by atoms with Gasteiger partial charge in [-0.25, -0.2) is 13.6 Å². The molecule has 1 unspecified atom stereocenters. The lowest BCUT2D eigenvalue weighted by atomic mass is 9.98. The Bertz CT molecular complexity index is 833. The number of hydrogen-bond acceptors (Lipinski definition) is 3. The van der Waals surface area contributed by atoms with Gasteiger partial charge in [0, 0.05) is 18.8 Å². The Morgan fingerprint density at radius 3 is 2.59 bits per heavy atom. The number of halogens is 2. The third-order valence-corrected chi connectivity index (χ3v) is 4.87. The topological polar surface area (TPSA) is 75.4 Å². The predicted molar refractivity (Wildman–Crippen MR) is 93.7 cm³/mol. The molecule has 2 aromatic rings. The van der Waals surface area contributed by atoms with E-state index in [1.54, 1.807) is 36.1 Å². The highest BCUT2D eigenvalue weighted by Crippen LogP contribution is 2.22. The van der Waals surface area contributed by atoms with Crippen LogP contribution in [0.4, 0.5) is 8.78 Å². The minimum absolute atomic E-state index is 0.0431. The van der Waals surface area contributed by atoms with Crippen molar-refractivity contribution in [1.29, 1.82) is 0 Å². The minimum atomic E-state index is -2.65. The van der Waals surface area contributed by atoms with Crippen LogP contribution in [0.1, 0.15) is 40.2 Å². The maximum atomic E-state index is 12.7. The Morgan fingerprint density at radius 1 is 1.30 bits per heavy atom. The average Bonchev–Trinajstić information content (AvgIpc) is 3.23. The van der Waals surface area contributed by atoms with E-state index in [9.17, 15) is 18.4 Å². The molecule has 1 aromatic heterocycles. The second-order valence-electron chi connectivity index (χ2n) is 6.87. The zero-order chi connectivity index (χ0) is 19.6. The number of likely N-dealkylation sites (tertiary alicyclic amines) is 1. The van der Waals surface area contributed by atoms with E-state index < -0.39 is 12.4 Å². The number of nitrogens with zero attached hydrogens (tertiary/aromatic N) is 3. The summed E-state index contributed by atoms with van der Waals surface area (Å²) in [6.45, 7) is 2.83. The Morgan fingerprint density at radius 2 is 2.00 bits per heavy atom. The Kier molecular flexibility index (Phi) is 5.53. The van der Waals surface area contributed by atoms with Crippen LogP contribution in [0.25, 0.3) is 0 Å². The number of carboxylic acid groups (broad SMARTS) is 1. The molecule has 0 radical (unpaired) electrons. The number of carbonyl (C=O) groups excluding carboxylic acids is 1. The number of alkyl halides is 2. The van der Waals surface area contributed by atoms with Crippen LogP contribution in [0.3, 0.4) is 0 Å². The van der Waals surface area contributed by atoms with Crippen molar-refractivity contribution in [1.82, 2.24) is 14.7 Å². The van der Waals surface area contributed by atoms with E-state index in [0.717, 1.165) is 18.4 Å². The monoisotopic (exact) mass is 377 g/mol. The lowest BCUT2D eigenvalue weighted by Crippen LogP contribution is -2.32. The van der Waals surface area contributed by atoms with Gasteiger partial charge in [-0.15, -0.1) is 0 Å². The molecule has 1 aliphatic rings. The van der Waals surface area contributed by atoms with Gasteiger partial charge in [0.05, 0.1) is 5.56 Å². The third-order valence-electron chi connectivity index (χ3n) is 4.87. The summed E-state index contributed by atoms with van der Waals surface area (Å²) in [4.78, 5) is 25.1. The van der Waals surface area contributed by atoms with Crippen molar-refractivity contribution in [3.8, 4) is 0 Å². The van der Waals surface area contributed by atoms with Crippen LogP contribution in [0.5, 0.6) is 0 Å².